The van der Waals surface area contributed by atoms with Crippen LogP contribution in [0.3, 0.4) is 0 Å². The first-order valence-corrected chi connectivity index (χ1v) is 7.62. The van der Waals surface area contributed by atoms with Crippen molar-refractivity contribution in [1.82, 2.24) is 0 Å². The molecule has 0 aliphatic heterocycles. The Labute approximate surface area is 185 Å². The highest BCUT2D eigenvalue weighted by Gasteiger charge is 2.98. The van der Waals surface area contributed by atoms with E-state index < -0.39 is 71.5 Å². The van der Waals surface area contributed by atoms with E-state index in [1.54, 1.807) is 6.58 Å². The number of ether oxygens (including phenoxy) is 1. The molecule has 0 rings (SSSR count). The van der Waals surface area contributed by atoms with Crippen LogP contribution in [-0.4, -0.2) is 65.6 Å². The van der Waals surface area contributed by atoms with Gasteiger partial charge >= 0.3 is 65.6 Å². The number of esters is 1. The molecule has 0 atom stereocenters. The van der Waals surface area contributed by atoms with Gasteiger partial charge in [0.2, 0.25) is 5.83 Å². The summed E-state index contributed by atoms with van der Waals surface area (Å²) < 4.78 is 287. The predicted octanol–water partition coefficient (Wildman–Crippen LogP) is 7.25. The number of alkyl halides is 21. The summed E-state index contributed by atoms with van der Waals surface area (Å²) in [5, 5.41) is 0. The van der Waals surface area contributed by atoms with Crippen LogP contribution in [0, 0.1) is 0 Å². The smallest absolute Gasteiger partial charge is 0.391 e. The minimum absolute atomic E-state index is 1.72. The molecule has 0 unspecified atom stereocenters. The standard InChI is InChI=1S/C13H2F22O2/c1-2(14)3(36)37-13(34,35)11(29,30)9(25,26)7(21,22)5(17,18)4(15,16)6(19,20)8(23,24)10(27,28)12(31,32)33/h1H2. The van der Waals surface area contributed by atoms with Gasteiger partial charge < -0.3 is 4.74 Å². The lowest BCUT2D eigenvalue weighted by molar-refractivity contribution is -0.482. The van der Waals surface area contributed by atoms with Crippen LogP contribution in [0.5, 0.6) is 0 Å². The first kappa shape index (κ1) is 34.7. The molecule has 0 radical (unpaired) electrons. The molecule has 0 aromatic heterocycles. The van der Waals surface area contributed by atoms with E-state index in [1.807, 2.05) is 4.74 Å². The maximum absolute atomic E-state index is 13.4. The quantitative estimate of drug-likeness (QED) is 0.149. The van der Waals surface area contributed by atoms with E-state index >= 15 is 0 Å². The summed E-state index contributed by atoms with van der Waals surface area (Å²) in [6.07, 6.45) is -15.7. The monoisotopic (exact) mass is 608 g/mol. The van der Waals surface area contributed by atoms with Crippen molar-refractivity contribution in [3.05, 3.63) is 12.4 Å². The summed E-state index contributed by atoms with van der Waals surface area (Å²) in [5.41, 5.74) is 0. The van der Waals surface area contributed by atoms with Gasteiger partial charge in [-0.25, -0.2) is 4.79 Å². The van der Waals surface area contributed by atoms with Gasteiger partial charge in [0, 0.05) is 0 Å². The van der Waals surface area contributed by atoms with Gasteiger partial charge in [-0.1, -0.05) is 6.58 Å². The Morgan fingerprint density at radius 3 is 0.865 bits per heavy atom. The van der Waals surface area contributed by atoms with E-state index in [0.717, 1.165) is 0 Å². The van der Waals surface area contributed by atoms with Crippen molar-refractivity contribution in [1.29, 1.82) is 0 Å². The number of hydrogen-bond acceptors (Lipinski definition) is 2. The molecule has 0 aromatic carbocycles. The molecule has 220 valence electrons. The van der Waals surface area contributed by atoms with Crippen molar-refractivity contribution in [3.63, 3.8) is 0 Å². The second-order valence-corrected chi connectivity index (χ2v) is 6.40. The third kappa shape index (κ3) is 4.39. The Bertz CT molecular complexity index is 895. The lowest BCUT2D eigenvalue weighted by Gasteiger charge is -2.44. The molecule has 0 N–H and O–H groups in total. The molecule has 24 heteroatoms. The van der Waals surface area contributed by atoms with Gasteiger partial charge in [-0.3, -0.25) is 0 Å². The third-order valence-electron chi connectivity index (χ3n) is 3.92. The van der Waals surface area contributed by atoms with Crippen LogP contribution < -0.4 is 0 Å². The van der Waals surface area contributed by atoms with Gasteiger partial charge in [-0.05, 0) is 0 Å². The zero-order valence-electron chi connectivity index (χ0n) is 15.8. The van der Waals surface area contributed by atoms with Crippen LogP contribution in [0.25, 0.3) is 0 Å². The van der Waals surface area contributed by atoms with Crippen LogP contribution >= 0.6 is 0 Å². The van der Waals surface area contributed by atoms with Crippen molar-refractivity contribution in [2.24, 2.45) is 0 Å². The van der Waals surface area contributed by atoms with Gasteiger partial charge in [0.1, 0.15) is 0 Å². The Balaban J connectivity index is 7.05. The summed E-state index contributed by atoms with van der Waals surface area (Å²) in [7, 11) is 0. The number of carbonyl (C=O) groups is 1. The summed E-state index contributed by atoms with van der Waals surface area (Å²) in [5.74, 6) is -78.5. The molecule has 0 aliphatic carbocycles. The first-order chi connectivity index (χ1) is 15.6. The first-order valence-electron chi connectivity index (χ1n) is 7.62. The molecule has 0 saturated heterocycles. The summed E-state index contributed by atoms with van der Waals surface area (Å²) in [4.78, 5) is 10.4. The predicted molar refractivity (Wildman–Crippen MR) is 66.9 cm³/mol. The maximum atomic E-state index is 13.4. The van der Waals surface area contributed by atoms with Crippen LogP contribution in [0.4, 0.5) is 96.6 Å². The van der Waals surface area contributed by atoms with Gasteiger partial charge in [0.05, 0.1) is 0 Å². The van der Waals surface area contributed by atoms with Gasteiger partial charge in [-0.15, -0.1) is 0 Å². The third-order valence-corrected chi connectivity index (χ3v) is 3.92. The second-order valence-electron chi connectivity index (χ2n) is 6.40. The Morgan fingerprint density at radius 1 is 0.432 bits per heavy atom. The molecule has 0 heterocycles. The Hall–Kier alpha value is -2.33. The van der Waals surface area contributed by atoms with Crippen molar-refractivity contribution in [2.45, 2.75) is 59.7 Å². The summed E-state index contributed by atoms with van der Waals surface area (Å²) in [6, 6.07) is 0. The number of carbonyl (C=O) groups excluding carboxylic acids is 1. The highest BCUT2D eigenvalue weighted by Crippen LogP contribution is 2.66. The van der Waals surface area contributed by atoms with E-state index in [9.17, 15) is 101 Å². The summed E-state index contributed by atoms with van der Waals surface area (Å²) >= 11 is 0. The van der Waals surface area contributed by atoms with Crippen molar-refractivity contribution in [2.75, 3.05) is 0 Å². The molecule has 0 aliphatic rings. The van der Waals surface area contributed by atoms with E-state index in [-0.39, 0.29) is 0 Å². The molecule has 0 aromatic rings. The van der Waals surface area contributed by atoms with Gasteiger partial charge in [0.15, 0.2) is 0 Å². The topological polar surface area (TPSA) is 26.3 Å². The van der Waals surface area contributed by atoms with Crippen molar-refractivity contribution >= 4 is 5.97 Å². The average Bonchev–Trinajstić information content (AvgIpc) is 2.65. The zero-order chi connectivity index (χ0) is 30.9. The average molecular weight is 608 g/mol. The normalized spacial score (nSPS) is 16.1. The lowest BCUT2D eigenvalue weighted by atomic mass is 9.87. The largest absolute Gasteiger partial charge is 0.473 e. The van der Waals surface area contributed by atoms with Crippen LogP contribution in [-0.2, 0) is 9.53 Å². The molecule has 2 nitrogen and oxygen atoms in total. The fraction of sp³-hybridized carbons (Fsp3) is 0.769. The SMILES string of the molecule is C=C(F)C(=O)OC(F)(F)C(F)(F)C(F)(F)C(F)(F)C(F)(F)C(F)(F)C(F)(F)C(F)(F)C(F)(F)C(F)(F)F. The molecular formula is C13H2F22O2. The molecule has 0 bridgehead atoms. The maximum Gasteiger partial charge on any atom is 0.473 e. The molecule has 37 heavy (non-hydrogen) atoms. The number of halogens is 22. The van der Waals surface area contributed by atoms with Gasteiger partial charge in [-0.2, -0.15) is 96.6 Å². The van der Waals surface area contributed by atoms with Crippen LogP contribution in [0.1, 0.15) is 0 Å². The fourth-order valence-electron chi connectivity index (χ4n) is 1.78. The van der Waals surface area contributed by atoms with Crippen LogP contribution in [0.2, 0.25) is 0 Å². The Kier molecular flexibility index (Phi) is 8.05. The Morgan fingerprint density at radius 2 is 0.649 bits per heavy atom. The van der Waals surface area contributed by atoms with Gasteiger partial charge in [0.25, 0.3) is 0 Å². The minimum atomic E-state index is -9.33. The summed E-state index contributed by atoms with van der Waals surface area (Å²) in [6.45, 7) is 1.72. The minimum Gasteiger partial charge on any atom is -0.391 e. The molecule has 0 amide bonds. The molecule has 0 spiro atoms. The van der Waals surface area contributed by atoms with Crippen molar-refractivity contribution < 1.29 is 106 Å². The fourth-order valence-corrected chi connectivity index (χ4v) is 1.78. The van der Waals surface area contributed by atoms with E-state index in [2.05, 4.69) is 0 Å². The lowest BCUT2D eigenvalue weighted by Crippen LogP contribution is -2.77. The molecule has 0 saturated carbocycles. The number of hydrogen-bond donors (Lipinski definition) is 0. The van der Waals surface area contributed by atoms with E-state index in [4.69, 9.17) is 0 Å². The van der Waals surface area contributed by atoms with E-state index in [1.165, 1.54) is 0 Å². The van der Waals surface area contributed by atoms with Crippen molar-refractivity contribution in [3.8, 4) is 0 Å². The van der Waals surface area contributed by atoms with E-state index in [0.29, 0.717) is 0 Å². The zero-order valence-corrected chi connectivity index (χ0v) is 15.8. The number of rotatable bonds is 10. The molecule has 0 fully saturated rings. The highest BCUT2D eigenvalue weighted by atomic mass is 19.4. The molecular weight excluding hydrogens is 606 g/mol. The second kappa shape index (κ2) is 8.59. The highest BCUT2D eigenvalue weighted by molar-refractivity contribution is 5.85. The van der Waals surface area contributed by atoms with Crippen LogP contribution in [0.15, 0.2) is 12.4 Å².